The van der Waals surface area contributed by atoms with Crippen LogP contribution in [0.15, 0.2) is 36.4 Å². The van der Waals surface area contributed by atoms with Gasteiger partial charge in [-0.2, -0.15) is 0 Å². The van der Waals surface area contributed by atoms with Crippen molar-refractivity contribution in [1.82, 2.24) is 10.2 Å². The molecule has 28 heavy (non-hydrogen) atoms. The fourth-order valence-electron chi connectivity index (χ4n) is 3.17. The smallest absolute Gasteiger partial charge is 0.253 e. The number of rotatable bonds is 4. The van der Waals surface area contributed by atoms with Gasteiger partial charge in [0.25, 0.3) is 11.8 Å². The average Bonchev–Trinajstić information content (AvgIpc) is 2.71. The summed E-state index contributed by atoms with van der Waals surface area (Å²) < 4.78 is 5.15. The molecule has 3 rings (SSSR count). The number of aromatic hydroxyl groups is 3. The highest BCUT2D eigenvalue weighted by atomic mass is 16.5. The van der Waals surface area contributed by atoms with E-state index in [4.69, 9.17) is 4.74 Å². The first-order valence-electron chi connectivity index (χ1n) is 8.88. The monoisotopic (exact) mass is 386 g/mol. The second kappa shape index (κ2) is 8.08. The summed E-state index contributed by atoms with van der Waals surface area (Å²) in [6, 6.07) is 9.01. The molecule has 1 saturated heterocycles. The van der Waals surface area contributed by atoms with Gasteiger partial charge in [0.05, 0.1) is 7.11 Å². The SMILES string of the molecule is COc1cccc(C(=O)N2CCC(NC(=O)c3cc(O)c(O)c(O)c3)CC2)c1. The Balaban J connectivity index is 1.58. The van der Waals surface area contributed by atoms with E-state index < -0.39 is 23.2 Å². The second-order valence-corrected chi connectivity index (χ2v) is 6.63. The Bertz CT molecular complexity index is 867. The van der Waals surface area contributed by atoms with Crippen molar-refractivity contribution in [2.45, 2.75) is 18.9 Å². The molecule has 2 aromatic rings. The first-order chi connectivity index (χ1) is 13.4. The minimum absolute atomic E-state index is 0.0442. The van der Waals surface area contributed by atoms with E-state index in [-0.39, 0.29) is 17.5 Å². The highest BCUT2D eigenvalue weighted by Crippen LogP contribution is 2.35. The van der Waals surface area contributed by atoms with Crippen molar-refractivity contribution in [3.63, 3.8) is 0 Å². The summed E-state index contributed by atoms with van der Waals surface area (Å²) in [4.78, 5) is 26.7. The van der Waals surface area contributed by atoms with Crippen molar-refractivity contribution in [3.05, 3.63) is 47.5 Å². The number of amides is 2. The largest absolute Gasteiger partial charge is 0.504 e. The lowest BCUT2D eigenvalue weighted by Crippen LogP contribution is -2.46. The molecule has 0 aromatic heterocycles. The van der Waals surface area contributed by atoms with Crippen LogP contribution >= 0.6 is 0 Å². The number of methoxy groups -OCH3 is 1. The zero-order chi connectivity index (χ0) is 20.3. The Hall–Kier alpha value is -3.42. The van der Waals surface area contributed by atoms with E-state index in [0.717, 1.165) is 12.1 Å². The Morgan fingerprint density at radius 1 is 1.04 bits per heavy atom. The van der Waals surface area contributed by atoms with E-state index >= 15 is 0 Å². The normalized spacial score (nSPS) is 14.5. The van der Waals surface area contributed by atoms with Gasteiger partial charge in [0.15, 0.2) is 17.2 Å². The number of nitrogens with zero attached hydrogens (tertiary/aromatic N) is 1. The van der Waals surface area contributed by atoms with Crippen LogP contribution in [0.3, 0.4) is 0 Å². The van der Waals surface area contributed by atoms with Gasteiger partial charge in [0, 0.05) is 30.3 Å². The summed E-state index contributed by atoms with van der Waals surface area (Å²) in [7, 11) is 1.55. The van der Waals surface area contributed by atoms with E-state index in [1.54, 1.807) is 36.3 Å². The van der Waals surface area contributed by atoms with Crippen LogP contribution in [0.1, 0.15) is 33.6 Å². The number of piperidine rings is 1. The van der Waals surface area contributed by atoms with Crippen LogP contribution in [0, 0.1) is 0 Å². The Morgan fingerprint density at radius 3 is 2.29 bits per heavy atom. The minimum atomic E-state index is -0.666. The van der Waals surface area contributed by atoms with Crippen molar-refractivity contribution in [2.75, 3.05) is 20.2 Å². The van der Waals surface area contributed by atoms with Crippen LogP contribution in [-0.2, 0) is 0 Å². The molecule has 1 fully saturated rings. The van der Waals surface area contributed by atoms with Gasteiger partial charge in [-0.05, 0) is 43.2 Å². The molecule has 8 heteroatoms. The first kappa shape index (κ1) is 19.3. The number of carbonyl (C=O) groups excluding carboxylic acids is 2. The number of nitrogens with one attached hydrogen (secondary N) is 1. The molecular formula is C20H22N2O6. The van der Waals surface area contributed by atoms with E-state index in [2.05, 4.69) is 5.32 Å². The number of likely N-dealkylation sites (tertiary alicyclic amines) is 1. The summed E-state index contributed by atoms with van der Waals surface area (Å²) in [5, 5.41) is 31.3. The number of phenolic OH excluding ortho intramolecular Hbond substituents is 3. The molecule has 0 radical (unpaired) electrons. The van der Waals surface area contributed by atoms with Gasteiger partial charge < -0.3 is 30.3 Å². The van der Waals surface area contributed by atoms with Crippen molar-refractivity contribution >= 4 is 11.8 Å². The van der Waals surface area contributed by atoms with Crippen LogP contribution in [0.2, 0.25) is 0 Å². The quantitative estimate of drug-likeness (QED) is 0.596. The summed E-state index contributed by atoms with van der Waals surface area (Å²) >= 11 is 0. The molecular weight excluding hydrogens is 364 g/mol. The van der Waals surface area contributed by atoms with Crippen LogP contribution in [0.4, 0.5) is 0 Å². The van der Waals surface area contributed by atoms with Gasteiger partial charge in [-0.3, -0.25) is 9.59 Å². The maximum absolute atomic E-state index is 12.6. The highest BCUT2D eigenvalue weighted by molar-refractivity contribution is 5.96. The maximum Gasteiger partial charge on any atom is 0.253 e. The van der Waals surface area contributed by atoms with Gasteiger partial charge >= 0.3 is 0 Å². The number of phenols is 3. The number of benzene rings is 2. The fourth-order valence-corrected chi connectivity index (χ4v) is 3.17. The third-order valence-electron chi connectivity index (χ3n) is 4.77. The third kappa shape index (κ3) is 4.11. The predicted octanol–water partition coefficient (Wildman–Crippen LogP) is 1.85. The average molecular weight is 386 g/mol. The van der Waals surface area contributed by atoms with E-state index in [9.17, 15) is 24.9 Å². The number of hydrogen-bond donors (Lipinski definition) is 4. The molecule has 2 amide bonds. The maximum atomic E-state index is 12.6. The van der Waals surface area contributed by atoms with Gasteiger partial charge in [0.1, 0.15) is 5.75 Å². The summed E-state index contributed by atoms with van der Waals surface area (Å²) in [5.41, 5.74) is 0.597. The molecule has 0 bridgehead atoms. The van der Waals surface area contributed by atoms with Crippen LogP contribution in [0.25, 0.3) is 0 Å². The van der Waals surface area contributed by atoms with Crippen LogP contribution < -0.4 is 10.1 Å². The lowest BCUT2D eigenvalue weighted by atomic mass is 10.0. The molecule has 1 heterocycles. The van der Waals surface area contributed by atoms with Crippen molar-refractivity contribution in [3.8, 4) is 23.0 Å². The zero-order valence-electron chi connectivity index (χ0n) is 15.4. The zero-order valence-corrected chi connectivity index (χ0v) is 15.4. The van der Waals surface area contributed by atoms with Crippen molar-refractivity contribution < 1.29 is 29.6 Å². The lowest BCUT2D eigenvalue weighted by Gasteiger charge is -2.32. The molecule has 2 aromatic carbocycles. The minimum Gasteiger partial charge on any atom is -0.504 e. The third-order valence-corrected chi connectivity index (χ3v) is 4.77. The Morgan fingerprint density at radius 2 is 1.68 bits per heavy atom. The molecule has 148 valence electrons. The summed E-state index contributed by atoms with van der Waals surface area (Å²) in [5.74, 6) is -1.73. The van der Waals surface area contributed by atoms with Gasteiger partial charge in [0.2, 0.25) is 0 Å². The highest BCUT2D eigenvalue weighted by Gasteiger charge is 2.25. The molecule has 0 unspecified atom stereocenters. The molecule has 0 atom stereocenters. The van der Waals surface area contributed by atoms with Crippen LogP contribution in [-0.4, -0.2) is 58.3 Å². The number of carbonyl (C=O) groups is 2. The van der Waals surface area contributed by atoms with Crippen molar-refractivity contribution in [2.24, 2.45) is 0 Å². The predicted molar refractivity (Wildman–Crippen MR) is 101 cm³/mol. The molecule has 4 N–H and O–H groups in total. The lowest BCUT2D eigenvalue weighted by molar-refractivity contribution is 0.0697. The van der Waals surface area contributed by atoms with Gasteiger partial charge in [-0.15, -0.1) is 0 Å². The molecule has 0 saturated carbocycles. The topological polar surface area (TPSA) is 119 Å². The Labute approximate surface area is 162 Å². The van der Waals surface area contributed by atoms with Crippen LogP contribution in [0.5, 0.6) is 23.0 Å². The van der Waals surface area contributed by atoms with E-state index in [1.807, 2.05) is 0 Å². The van der Waals surface area contributed by atoms with Crippen molar-refractivity contribution in [1.29, 1.82) is 0 Å². The number of hydrogen-bond acceptors (Lipinski definition) is 6. The van der Waals surface area contributed by atoms with E-state index in [1.165, 1.54) is 0 Å². The molecule has 8 nitrogen and oxygen atoms in total. The summed E-state index contributed by atoms with van der Waals surface area (Å²) in [6.07, 6.45) is 1.16. The van der Waals surface area contributed by atoms with E-state index in [0.29, 0.717) is 37.2 Å². The second-order valence-electron chi connectivity index (χ2n) is 6.63. The standard InChI is InChI=1S/C20H22N2O6/c1-28-15-4-2-3-12(9-15)20(27)22-7-5-14(6-8-22)21-19(26)13-10-16(23)18(25)17(24)11-13/h2-4,9-11,14,23-25H,5-8H2,1H3,(H,21,26). The Kier molecular flexibility index (Phi) is 5.58. The summed E-state index contributed by atoms with van der Waals surface area (Å²) in [6.45, 7) is 0.986. The van der Waals surface area contributed by atoms with Gasteiger partial charge in [-0.1, -0.05) is 6.07 Å². The molecule has 0 spiro atoms. The molecule has 0 aliphatic carbocycles. The molecule has 1 aliphatic rings. The molecule has 1 aliphatic heterocycles. The first-order valence-corrected chi connectivity index (χ1v) is 8.88. The van der Waals surface area contributed by atoms with Gasteiger partial charge in [-0.25, -0.2) is 0 Å². The fraction of sp³-hybridized carbons (Fsp3) is 0.300. The number of ether oxygens (including phenoxy) is 1.